The highest BCUT2D eigenvalue weighted by molar-refractivity contribution is 5.98. The maximum atomic E-state index is 11.8. The van der Waals surface area contributed by atoms with Crippen LogP contribution in [-0.4, -0.2) is 26.0 Å². The average Bonchev–Trinajstić information content (AvgIpc) is 2.64. The second-order valence-corrected chi connectivity index (χ2v) is 4.89. The number of hydrogen-bond donors (Lipinski definition) is 0. The molecule has 0 heterocycles. The molecule has 0 saturated heterocycles. The molecular weight excluding hydrogens is 308 g/mol. The van der Waals surface area contributed by atoms with Crippen molar-refractivity contribution in [2.24, 2.45) is 5.16 Å². The van der Waals surface area contributed by atoms with Crippen molar-refractivity contribution >= 4 is 17.5 Å². The van der Waals surface area contributed by atoms with E-state index in [0.717, 1.165) is 21.9 Å². The summed E-state index contributed by atoms with van der Waals surface area (Å²) in [5.41, 5.74) is 3.04. The molecule has 6 heteroatoms. The van der Waals surface area contributed by atoms with Crippen LogP contribution in [0.4, 0.5) is 10.5 Å². The smallest absolute Gasteiger partial charge is 0.438 e. The van der Waals surface area contributed by atoms with Gasteiger partial charge in [0, 0.05) is 5.56 Å². The molecule has 0 radical (unpaired) electrons. The molecule has 2 aromatic rings. The lowest BCUT2D eigenvalue weighted by Gasteiger charge is -2.20. The van der Waals surface area contributed by atoms with Crippen molar-refractivity contribution in [3.8, 4) is 0 Å². The van der Waals surface area contributed by atoms with Gasteiger partial charge >= 0.3 is 6.09 Å². The van der Waals surface area contributed by atoms with Gasteiger partial charge < -0.3 is 9.57 Å². The molecule has 2 aromatic carbocycles. The molecule has 0 aliphatic heterocycles. The quantitative estimate of drug-likeness (QED) is 0.598. The fraction of sp³-hybridized carbons (Fsp3) is 0.222. The van der Waals surface area contributed by atoms with Crippen LogP contribution < -0.4 is 5.06 Å². The monoisotopic (exact) mass is 328 g/mol. The van der Waals surface area contributed by atoms with E-state index < -0.39 is 6.09 Å². The first kappa shape index (κ1) is 17.5. The Balaban J connectivity index is 2.12. The zero-order valence-electron chi connectivity index (χ0n) is 13.9. The van der Waals surface area contributed by atoms with Crippen LogP contribution in [0.5, 0.6) is 0 Å². The van der Waals surface area contributed by atoms with E-state index in [9.17, 15) is 4.79 Å². The van der Waals surface area contributed by atoms with Gasteiger partial charge in [0.15, 0.2) is 0 Å². The number of hydroxylamine groups is 1. The van der Waals surface area contributed by atoms with Crippen molar-refractivity contribution in [3.05, 3.63) is 65.7 Å². The van der Waals surface area contributed by atoms with Gasteiger partial charge in [-0.25, -0.2) is 4.79 Å². The number of carbonyl (C=O) groups is 1. The van der Waals surface area contributed by atoms with Gasteiger partial charge in [0.05, 0.1) is 25.6 Å². The highest BCUT2D eigenvalue weighted by Crippen LogP contribution is 2.22. The molecule has 2 rings (SSSR count). The molecule has 0 bridgehead atoms. The van der Waals surface area contributed by atoms with E-state index in [1.54, 1.807) is 12.1 Å². The lowest BCUT2D eigenvalue weighted by Crippen LogP contribution is -2.30. The maximum absolute atomic E-state index is 11.8. The standard InChI is InChI=1S/C18H20N2O4/c1-14(15-9-5-4-6-10-15)19-24-13-16-11-7-8-12-17(16)20(23-3)18(21)22-2/h4-12H,13H2,1-3H3/b19-14+. The Morgan fingerprint density at radius 3 is 2.38 bits per heavy atom. The normalized spacial score (nSPS) is 11.0. The zero-order chi connectivity index (χ0) is 17.4. The summed E-state index contributed by atoms with van der Waals surface area (Å²) < 4.78 is 4.71. The number of hydrogen-bond acceptors (Lipinski definition) is 5. The first-order valence-electron chi connectivity index (χ1n) is 7.39. The lowest BCUT2D eigenvalue weighted by atomic mass is 10.1. The summed E-state index contributed by atoms with van der Waals surface area (Å²) in [6, 6.07) is 17.0. The van der Waals surface area contributed by atoms with Gasteiger partial charge in [-0.2, -0.15) is 5.06 Å². The number of nitrogens with zero attached hydrogens (tertiary/aromatic N) is 2. The summed E-state index contributed by atoms with van der Waals surface area (Å²) in [4.78, 5) is 22.3. The van der Waals surface area contributed by atoms with E-state index in [1.165, 1.54) is 14.2 Å². The van der Waals surface area contributed by atoms with Gasteiger partial charge in [-0.15, -0.1) is 0 Å². The van der Waals surface area contributed by atoms with E-state index in [4.69, 9.17) is 14.4 Å². The summed E-state index contributed by atoms with van der Waals surface area (Å²) >= 11 is 0. The SMILES string of the molecule is COC(=O)N(OC)c1ccccc1CO/N=C(\C)c1ccccc1. The number of methoxy groups -OCH3 is 1. The third-order valence-corrected chi connectivity index (χ3v) is 3.35. The van der Waals surface area contributed by atoms with Crippen LogP contribution in [0.25, 0.3) is 0 Å². The Morgan fingerprint density at radius 1 is 1.04 bits per heavy atom. The van der Waals surface area contributed by atoms with Gasteiger partial charge in [0.25, 0.3) is 0 Å². The predicted octanol–water partition coefficient (Wildman–Crippen LogP) is 3.76. The number of amides is 1. The highest BCUT2D eigenvalue weighted by Gasteiger charge is 2.19. The number of benzene rings is 2. The van der Waals surface area contributed by atoms with Gasteiger partial charge in [-0.3, -0.25) is 4.84 Å². The van der Waals surface area contributed by atoms with Crippen molar-refractivity contribution in [2.75, 3.05) is 19.3 Å². The Hall–Kier alpha value is -2.86. The minimum Gasteiger partial charge on any atom is -0.451 e. The van der Waals surface area contributed by atoms with Gasteiger partial charge in [0.2, 0.25) is 0 Å². The molecular formula is C18H20N2O4. The molecule has 0 fully saturated rings. The molecule has 0 atom stereocenters. The molecule has 0 spiro atoms. The van der Waals surface area contributed by atoms with Gasteiger partial charge in [-0.1, -0.05) is 53.7 Å². The molecule has 0 saturated carbocycles. The summed E-state index contributed by atoms with van der Waals surface area (Å²) in [5.74, 6) is 0. The van der Waals surface area contributed by atoms with E-state index in [-0.39, 0.29) is 6.61 Å². The minimum atomic E-state index is -0.617. The number of carbonyl (C=O) groups excluding carboxylic acids is 1. The third kappa shape index (κ3) is 4.33. The number of ether oxygens (including phenoxy) is 1. The Morgan fingerprint density at radius 2 is 1.71 bits per heavy atom. The number of anilines is 1. The summed E-state index contributed by atoms with van der Waals surface area (Å²) in [6.07, 6.45) is -0.617. The van der Waals surface area contributed by atoms with Crippen molar-refractivity contribution in [2.45, 2.75) is 13.5 Å². The molecule has 6 nitrogen and oxygen atoms in total. The molecule has 126 valence electrons. The van der Waals surface area contributed by atoms with Crippen LogP contribution in [0, 0.1) is 0 Å². The second-order valence-electron chi connectivity index (χ2n) is 4.89. The third-order valence-electron chi connectivity index (χ3n) is 3.35. The zero-order valence-corrected chi connectivity index (χ0v) is 13.9. The van der Waals surface area contributed by atoms with Crippen molar-refractivity contribution in [1.82, 2.24) is 0 Å². The van der Waals surface area contributed by atoms with Crippen molar-refractivity contribution in [1.29, 1.82) is 0 Å². The average molecular weight is 328 g/mol. The van der Waals surface area contributed by atoms with Crippen LogP contribution in [0.15, 0.2) is 59.8 Å². The Labute approximate surface area is 141 Å². The molecule has 0 aliphatic rings. The largest absolute Gasteiger partial charge is 0.451 e. The van der Waals surface area contributed by atoms with Crippen LogP contribution in [0.3, 0.4) is 0 Å². The highest BCUT2D eigenvalue weighted by atomic mass is 16.7. The first-order valence-corrected chi connectivity index (χ1v) is 7.39. The first-order chi connectivity index (χ1) is 11.7. The van der Waals surface area contributed by atoms with Crippen LogP contribution in [0.1, 0.15) is 18.1 Å². The van der Waals surface area contributed by atoms with Crippen LogP contribution >= 0.6 is 0 Å². The van der Waals surface area contributed by atoms with Crippen LogP contribution in [0.2, 0.25) is 0 Å². The summed E-state index contributed by atoms with van der Waals surface area (Å²) in [7, 11) is 2.69. The molecule has 0 aliphatic carbocycles. The maximum Gasteiger partial charge on any atom is 0.438 e. The van der Waals surface area contributed by atoms with E-state index in [0.29, 0.717) is 5.69 Å². The van der Waals surface area contributed by atoms with Crippen LogP contribution in [-0.2, 0) is 21.0 Å². The summed E-state index contributed by atoms with van der Waals surface area (Å²) in [5, 5.41) is 5.18. The molecule has 1 amide bonds. The Bertz CT molecular complexity index is 701. The minimum absolute atomic E-state index is 0.192. The van der Waals surface area contributed by atoms with E-state index in [1.807, 2.05) is 49.4 Å². The second kappa shape index (κ2) is 8.69. The van der Waals surface area contributed by atoms with Crippen molar-refractivity contribution < 1.29 is 19.2 Å². The number of para-hydroxylation sites is 1. The number of rotatable bonds is 6. The fourth-order valence-corrected chi connectivity index (χ4v) is 2.12. The fourth-order valence-electron chi connectivity index (χ4n) is 2.12. The van der Waals surface area contributed by atoms with E-state index >= 15 is 0 Å². The van der Waals surface area contributed by atoms with E-state index in [2.05, 4.69) is 5.16 Å². The van der Waals surface area contributed by atoms with Gasteiger partial charge in [-0.05, 0) is 18.6 Å². The van der Waals surface area contributed by atoms with Gasteiger partial charge in [0.1, 0.15) is 6.61 Å². The van der Waals surface area contributed by atoms with Crippen molar-refractivity contribution in [3.63, 3.8) is 0 Å². The molecule has 0 unspecified atom stereocenters. The predicted molar refractivity (Wildman–Crippen MR) is 91.8 cm³/mol. The Kier molecular flexibility index (Phi) is 6.33. The molecule has 24 heavy (non-hydrogen) atoms. The lowest BCUT2D eigenvalue weighted by molar-refractivity contribution is 0.111. The molecule has 0 aromatic heterocycles. The molecule has 0 N–H and O–H groups in total. The topological polar surface area (TPSA) is 60.4 Å². The number of oxime groups is 1. The summed E-state index contributed by atoms with van der Waals surface area (Å²) in [6.45, 7) is 2.06.